The highest BCUT2D eigenvalue weighted by atomic mass is 15.3. The summed E-state index contributed by atoms with van der Waals surface area (Å²) in [6.45, 7) is 9.54. The van der Waals surface area contributed by atoms with Crippen LogP contribution in [0.25, 0.3) is 0 Å². The second-order valence-corrected chi connectivity index (χ2v) is 6.84. The molecule has 0 spiro atoms. The fourth-order valence-corrected chi connectivity index (χ4v) is 2.79. The highest BCUT2D eigenvalue weighted by Crippen LogP contribution is 2.33. The lowest BCUT2D eigenvalue weighted by Crippen LogP contribution is -2.35. The number of nitrogens with one attached hydrogen (secondary N) is 1. The van der Waals surface area contributed by atoms with Crippen molar-refractivity contribution >= 4 is 0 Å². The molecule has 19 heavy (non-hydrogen) atoms. The zero-order chi connectivity index (χ0) is 13.9. The average Bonchev–Trinajstić information content (AvgIpc) is 2.84. The molecule has 2 rings (SSSR count). The Balaban J connectivity index is 1.93. The van der Waals surface area contributed by atoms with Crippen LogP contribution in [-0.4, -0.2) is 20.3 Å². The molecule has 4 heteroatoms. The molecular weight excluding hydrogens is 236 g/mol. The molecule has 1 aliphatic carbocycles. The van der Waals surface area contributed by atoms with Crippen molar-refractivity contribution in [3.63, 3.8) is 0 Å². The number of nitrogens with zero attached hydrogens (tertiary/aromatic N) is 3. The van der Waals surface area contributed by atoms with E-state index in [0.29, 0.717) is 6.04 Å². The maximum Gasteiger partial charge on any atom is 0.164 e. The highest BCUT2D eigenvalue weighted by Gasteiger charge is 2.23. The molecule has 0 bridgehead atoms. The van der Waals surface area contributed by atoms with Gasteiger partial charge in [0.15, 0.2) is 5.82 Å². The van der Waals surface area contributed by atoms with Crippen molar-refractivity contribution in [2.45, 2.75) is 77.9 Å². The third kappa shape index (κ3) is 4.30. The number of hydrogen-bond donors (Lipinski definition) is 1. The van der Waals surface area contributed by atoms with E-state index >= 15 is 0 Å². The molecule has 4 nitrogen and oxygen atoms in total. The molecule has 1 aromatic rings. The summed E-state index contributed by atoms with van der Waals surface area (Å²) in [4.78, 5) is 4.43. The van der Waals surface area contributed by atoms with Gasteiger partial charge in [-0.2, -0.15) is 5.10 Å². The van der Waals surface area contributed by atoms with Crippen LogP contribution in [0.1, 0.15) is 71.7 Å². The lowest BCUT2D eigenvalue weighted by Gasteiger charge is -2.28. The van der Waals surface area contributed by atoms with E-state index in [1.54, 1.807) is 0 Å². The highest BCUT2D eigenvalue weighted by molar-refractivity contribution is 4.87. The van der Waals surface area contributed by atoms with Gasteiger partial charge in [0, 0.05) is 5.54 Å². The van der Waals surface area contributed by atoms with Crippen molar-refractivity contribution in [2.24, 2.45) is 5.92 Å². The van der Waals surface area contributed by atoms with Crippen LogP contribution in [-0.2, 0) is 6.54 Å². The van der Waals surface area contributed by atoms with Gasteiger partial charge in [-0.15, -0.1) is 0 Å². The number of rotatable bonds is 4. The van der Waals surface area contributed by atoms with Crippen molar-refractivity contribution in [2.75, 3.05) is 0 Å². The third-order valence-electron chi connectivity index (χ3n) is 4.04. The van der Waals surface area contributed by atoms with Gasteiger partial charge >= 0.3 is 0 Å². The van der Waals surface area contributed by atoms with Crippen LogP contribution in [0.2, 0.25) is 0 Å². The number of aromatic nitrogens is 3. The SMILES string of the molecule is CCC1CCCC(n2cnc(CNC(C)(C)C)n2)C1. The predicted molar refractivity (Wildman–Crippen MR) is 77.9 cm³/mol. The molecule has 2 unspecified atom stereocenters. The van der Waals surface area contributed by atoms with Gasteiger partial charge in [0.25, 0.3) is 0 Å². The summed E-state index contributed by atoms with van der Waals surface area (Å²) in [6, 6.07) is 0.564. The molecule has 1 saturated carbocycles. The molecular formula is C15H28N4. The van der Waals surface area contributed by atoms with Gasteiger partial charge in [-0.1, -0.05) is 26.2 Å². The van der Waals surface area contributed by atoms with Crippen molar-refractivity contribution in [3.05, 3.63) is 12.2 Å². The van der Waals surface area contributed by atoms with Crippen LogP contribution in [0.5, 0.6) is 0 Å². The molecule has 108 valence electrons. The van der Waals surface area contributed by atoms with Gasteiger partial charge in [0.2, 0.25) is 0 Å². The number of hydrogen-bond acceptors (Lipinski definition) is 3. The molecule has 0 radical (unpaired) electrons. The minimum atomic E-state index is 0.115. The van der Waals surface area contributed by atoms with Gasteiger partial charge in [0.1, 0.15) is 6.33 Å². The molecule has 1 heterocycles. The summed E-state index contributed by atoms with van der Waals surface area (Å²) in [5.74, 6) is 1.78. The molecule has 0 aromatic carbocycles. The van der Waals surface area contributed by atoms with E-state index in [2.05, 4.69) is 47.8 Å². The van der Waals surface area contributed by atoms with E-state index in [1.165, 1.54) is 32.1 Å². The van der Waals surface area contributed by atoms with Crippen LogP contribution in [0, 0.1) is 5.92 Å². The summed E-state index contributed by atoms with van der Waals surface area (Å²) >= 11 is 0. The first kappa shape index (κ1) is 14.5. The van der Waals surface area contributed by atoms with E-state index in [4.69, 9.17) is 0 Å². The van der Waals surface area contributed by atoms with Gasteiger partial charge in [-0.05, 0) is 39.5 Å². The van der Waals surface area contributed by atoms with Crippen molar-refractivity contribution < 1.29 is 0 Å². The summed E-state index contributed by atoms with van der Waals surface area (Å²) in [7, 11) is 0. The monoisotopic (exact) mass is 264 g/mol. The van der Waals surface area contributed by atoms with Crippen LogP contribution < -0.4 is 5.32 Å². The zero-order valence-electron chi connectivity index (χ0n) is 12.8. The second-order valence-electron chi connectivity index (χ2n) is 6.84. The molecule has 0 aliphatic heterocycles. The van der Waals surface area contributed by atoms with Crippen LogP contribution in [0.4, 0.5) is 0 Å². The standard InChI is InChI=1S/C15H28N4/c1-5-12-7-6-8-13(9-12)19-11-16-14(18-19)10-17-15(2,3)4/h11-13,17H,5-10H2,1-4H3. The van der Waals surface area contributed by atoms with Gasteiger partial charge < -0.3 is 5.32 Å². The third-order valence-corrected chi connectivity index (χ3v) is 4.04. The fraction of sp³-hybridized carbons (Fsp3) is 0.867. The maximum absolute atomic E-state index is 4.65. The lowest BCUT2D eigenvalue weighted by atomic mass is 9.84. The molecule has 1 fully saturated rings. The van der Waals surface area contributed by atoms with E-state index in [9.17, 15) is 0 Å². The molecule has 0 saturated heterocycles. The van der Waals surface area contributed by atoms with E-state index in [0.717, 1.165) is 18.3 Å². The quantitative estimate of drug-likeness (QED) is 0.907. The Morgan fingerprint density at radius 2 is 2.16 bits per heavy atom. The Morgan fingerprint density at radius 3 is 2.84 bits per heavy atom. The summed E-state index contributed by atoms with van der Waals surface area (Å²) in [5.41, 5.74) is 0.115. The molecule has 1 aromatic heterocycles. The zero-order valence-corrected chi connectivity index (χ0v) is 12.8. The topological polar surface area (TPSA) is 42.7 Å². The molecule has 1 aliphatic rings. The van der Waals surface area contributed by atoms with E-state index < -0.39 is 0 Å². The minimum Gasteiger partial charge on any atom is -0.305 e. The smallest absolute Gasteiger partial charge is 0.164 e. The Kier molecular flexibility index (Phi) is 4.61. The first-order valence-electron chi connectivity index (χ1n) is 7.63. The maximum atomic E-state index is 4.65. The Labute approximate surface area is 117 Å². The van der Waals surface area contributed by atoms with Crippen molar-refractivity contribution in [3.8, 4) is 0 Å². The summed E-state index contributed by atoms with van der Waals surface area (Å²) < 4.78 is 2.10. The van der Waals surface area contributed by atoms with E-state index in [1.807, 2.05) is 6.33 Å². The summed E-state index contributed by atoms with van der Waals surface area (Å²) in [6.07, 6.45) is 8.46. The molecule has 2 atom stereocenters. The molecule has 0 amide bonds. The Bertz CT molecular complexity index is 391. The molecule has 1 N–H and O–H groups in total. The lowest BCUT2D eigenvalue weighted by molar-refractivity contribution is 0.246. The predicted octanol–water partition coefficient (Wildman–Crippen LogP) is 3.31. The normalized spacial score (nSPS) is 24.6. The van der Waals surface area contributed by atoms with Gasteiger partial charge in [-0.25, -0.2) is 9.67 Å². The Morgan fingerprint density at radius 1 is 1.37 bits per heavy atom. The summed E-state index contributed by atoms with van der Waals surface area (Å²) in [5, 5.41) is 8.08. The fourth-order valence-electron chi connectivity index (χ4n) is 2.79. The van der Waals surface area contributed by atoms with Gasteiger partial charge in [-0.3, -0.25) is 0 Å². The average molecular weight is 264 g/mol. The van der Waals surface area contributed by atoms with Gasteiger partial charge in [0.05, 0.1) is 12.6 Å². The Hall–Kier alpha value is -0.900. The van der Waals surface area contributed by atoms with Crippen LogP contribution in [0.15, 0.2) is 6.33 Å². The van der Waals surface area contributed by atoms with E-state index in [-0.39, 0.29) is 5.54 Å². The van der Waals surface area contributed by atoms with Crippen molar-refractivity contribution in [1.82, 2.24) is 20.1 Å². The largest absolute Gasteiger partial charge is 0.305 e. The first-order chi connectivity index (χ1) is 8.98. The second kappa shape index (κ2) is 6.04. The first-order valence-corrected chi connectivity index (χ1v) is 7.63. The van der Waals surface area contributed by atoms with Crippen LogP contribution >= 0.6 is 0 Å². The van der Waals surface area contributed by atoms with Crippen LogP contribution in [0.3, 0.4) is 0 Å². The minimum absolute atomic E-state index is 0.115. The van der Waals surface area contributed by atoms with Crippen molar-refractivity contribution in [1.29, 1.82) is 0 Å².